The summed E-state index contributed by atoms with van der Waals surface area (Å²) in [5.41, 5.74) is 0.958. The molecule has 122 valence electrons. The van der Waals surface area contributed by atoms with Gasteiger partial charge in [0.1, 0.15) is 5.25 Å². The van der Waals surface area contributed by atoms with Crippen LogP contribution >= 0.6 is 23.2 Å². The Morgan fingerprint density at radius 1 is 1.13 bits per heavy atom. The Labute approximate surface area is 145 Å². The maximum atomic E-state index is 12.4. The minimum Gasteiger partial charge on any atom is -0.325 e. The fraction of sp³-hybridized carbons (Fsp3) is 0.188. The minimum atomic E-state index is -3.71. The summed E-state index contributed by atoms with van der Waals surface area (Å²) in [5, 5.41) is 2.07. The molecule has 0 heterocycles. The molecule has 0 aliphatic carbocycles. The Bertz CT molecular complexity index is 807. The van der Waals surface area contributed by atoms with Crippen LogP contribution in [-0.2, 0) is 20.4 Å². The third-order valence-corrected chi connectivity index (χ3v) is 5.91. The van der Waals surface area contributed by atoms with E-state index >= 15 is 0 Å². The van der Waals surface area contributed by atoms with Gasteiger partial charge in [0.2, 0.25) is 5.91 Å². The Kier molecular flexibility index (Phi) is 5.68. The number of benzene rings is 2. The lowest BCUT2D eigenvalue weighted by Gasteiger charge is -2.14. The van der Waals surface area contributed by atoms with Gasteiger partial charge in [0.05, 0.1) is 5.75 Å². The largest absolute Gasteiger partial charge is 0.325 e. The van der Waals surface area contributed by atoms with Crippen LogP contribution in [0.2, 0.25) is 10.0 Å². The fourth-order valence-corrected chi connectivity index (χ4v) is 3.78. The molecule has 1 amide bonds. The number of halogens is 2. The number of nitrogens with one attached hydrogen (secondary N) is 1. The van der Waals surface area contributed by atoms with Gasteiger partial charge >= 0.3 is 0 Å². The van der Waals surface area contributed by atoms with E-state index in [1.165, 1.54) is 13.0 Å². The lowest BCUT2D eigenvalue weighted by molar-refractivity contribution is -0.115. The van der Waals surface area contributed by atoms with Crippen LogP contribution in [0.5, 0.6) is 0 Å². The molecule has 0 saturated heterocycles. The Hall–Kier alpha value is -1.56. The zero-order valence-electron chi connectivity index (χ0n) is 12.3. The lowest BCUT2D eigenvalue weighted by Crippen LogP contribution is -2.33. The van der Waals surface area contributed by atoms with Gasteiger partial charge in [-0.2, -0.15) is 0 Å². The number of anilines is 1. The highest BCUT2D eigenvalue weighted by Crippen LogP contribution is 2.24. The van der Waals surface area contributed by atoms with Crippen molar-refractivity contribution in [3.8, 4) is 0 Å². The van der Waals surface area contributed by atoms with E-state index < -0.39 is 21.0 Å². The summed E-state index contributed by atoms with van der Waals surface area (Å²) in [5.74, 6) is -0.909. The van der Waals surface area contributed by atoms with Crippen molar-refractivity contribution in [1.29, 1.82) is 0 Å². The predicted octanol–water partition coefficient (Wildman–Crippen LogP) is 3.94. The summed E-state index contributed by atoms with van der Waals surface area (Å²) in [6, 6.07) is 13.3. The molecular formula is C16H15Cl2NO3S. The molecule has 0 aromatic heterocycles. The first kappa shape index (κ1) is 17.8. The molecule has 2 rings (SSSR count). The molecule has 23 heavy (non-hydrogen) atoms. The van der Waals surface area contributed by atoms with Crippen LogP contribution in [0.3, 0.4) is 0 Å². The first-order valence-electron chi connectivity index (χ1n) is 6.81. The van der Waals surface area contributed by atoms with Crippen LogP contribution < -0.4 is 5.32 Å². The topological polar surface area (TPSA) is 63.2 Å². The SMILES string of the molecule is C[C@H](C(=O)Nc1ccccc1)S(=O)(=O)Cc1ccc(Cl)cc1Cl. The fourth-order valence-electron chi connectivity index (χ4n) is 1.91. The van der Waals surface area contributed by atoms with Crippen LogP contribution in [0.15, 0.2) is 48.5 Å². The average Bonchev–Trinajstić information content (AvgIpc) is 2.50. The van der Waals surface area contributed by atoms with Gasteiger partial charge in [-0.1, -0.05) is 47.5 Å². The van der Waals surface area contributed by atoms with Gasteiger partial charge in [-0.15, -0.1) is 0 Å². The number of hydrogen-bond donors (Lipinski definition) is 1. The zero-order valence-corrected chi connectivity index (χ0v) is 14.6. The molecule has 0 aliphatic heterocycles. The number of hydrogen-bond acceptors (Lipinski definition) is 3. The van der Waals surface area contributed by atoms with Crippen molar-refractivity contribution < 1.29 is 13.2 Å². The van der Waals surface area contributed by atoms with Gasteiger partial charge in [0.25, 0.3) is 0 Å². The summed E-state index contributed by atoms with van der Waals surface area (Å²) in [7, 11) is -3.71. The van der Waals surface area contributed by atoms with Gasteiger partial charge in [-0.05, 0) is 36.8 Å². The highest BCUT2D eigenvalue weighted by Gasteiger charge is 2.29. The standard InChI is InChI=1S/C16H15Cl2NO3S/c1-11(16(20)19-14-5-3-2-4-6-14)23(21,22)10-12-7-8-13(17)9-15(12)18/h2-9,11H,10H2,1H3,(H,19,20)/t11-/m1/s1. The smallest absolute Gasteiger partial charge is 0.242 e. The van der Waals surface area contributed by atoms with E-state index in [0.29, 0.717) is 16.3 Å². The summed E-state index contributed by atoms with van der Waals surface area (Å²) in [6.07, 6.45) is 0. The number of rotatable bonds is 5. The van der Waals surface area contributed by atoms with Gasteiger partial charge in [0, 0.05) is 15.7 Å². The van der Waals surface area contributed by atoms with Gasteiger partial charge < -0.3 is 5.32 Å². The Morgan fingerprint density at radius 2 is 1.78 bits per heavy atom. The monoisotopic (exact) mass is 371 g/mol. The first-order chi connectivity index (χ1) is 10.8. The molecule has 1 N–H and O–H groups in total. The van der Waals surface area contributed by atoms with E-state index in [2.05, 4.69) is 5.32 Å². The van der Waals surface area contributed by atoms with Crippen LogP contribution in [0.25, 0.3) is 0 Å². The van der Waals surface area contributed by atoms with E-state index in [0.717, 1.165) is 0 Å². The van der Waals surface area contributed by atoms with Crippen LogP contribution in [-0.4, -0.2) is 19.6 Å². The molecular weight excluding hydrogens is 357 g/mol. The van der Waals surface area contributed by atoms with Gasteiger partial charge in [-0.3, -0.25) is 4.79 Å². The number of para-hydroxylation sites is 1. The van der Waals surface area contributed by atoms with E-state index in [4.69, 9.17) is 23.2 Å². The summed E-state index contributed by atoms with van der Waals surface area (Å²) < 4.78 is 24.8. The minimum absolute atomic E-state index is 0.261. The molecule has 0 radical (unpaired) electrons. The molecule has 0 bridgehead atoms. The van der Waals surface area contributed by atoms with Crippen molar-refractivity contribution in [2.75, 3.05) is 5.32 Å². The van der Waals surface area contributed by atoms with E-state index in [9.17, 15) is 13.2 Å². The Balaban J connectivity index is 2.13. The molecule has 0 spiro atoms. The third kappa shape index (κ3) is 4.70. The summed E-state index contributed by atoms with van der Waals surface area (Å²) in [6.45, 7) is 1.36. The number of carbonyl (C=O) groups excluding carboxylic acids is 1. The molecule has 0 saturated carbocycles. The van der Waals surface area contributed by atoms with E-state index in [-0.39, 0.29) is 10.8 Å². The average molecular weight is 372 g/mol. The third-order valence-electron chi connectivity index (χ3n) is 3.32. The molecule has 0 aliphatic rings. The maximum absolute atomic E-state index is 12.4. The summed E-state index contributed by atoms with van der Waals surface area (Å²) in [4.78, 5) is 12.1. The normalized spacial score (nSPS) is 12.7. The number of carbonyl (C=O) groups is 1. The molecule has 2 aromatic rings. The second-order valence-electron chi connectivity index (χ2n) is 5.04. The zero-order chi connectivity index (χ0) is 17.0. The molecule has 1 atom stereocenters. The van der Waals surface area contributed by atoms with Crippen molar-refractivity contribution in [2.45, 2.75) is 17.9 Å². The highest BCUT2D eigenvalue weighted by molar-refractivity contribution is 7.92. The van der Waals surface area contributed by atoms with Crippen LogP contribution in [0.1, 0.15) is 12.5 Å². The lowest BCUT2D eigenvalue weighted by atomic mass is 10.2. The van der Waals surface area contributed by atoms with Gasteiger partial charge in [-0.25, -0.2) is 8.42 Å². The number of amides is 1. The second kappa shape index (κ2) is 7.34. The number of sulfone groups is 1. The Morgan fingerprint density at radius 3 is 2.39 bits per heavy atom. The second-order valence-corrected chi connectivity index (χ2v) is 8.21. The molecule has 4 nitrogen and oxygen atoms in total. The first-order valence-corrected chi connectivity index (χ1v) is 9.28. The molecule has 0 unspecified atom stereocenters. The quantitative estimate of drug-likeness (QED) is 0.865. The highest BCUT2D eigenvalue weighted by atomic mass is 35.5. The van der Waals surface area contributed by atoms with Crippen molar-refractivity contribution in [3.63, 3.8) is 0 Å². The molecule has 2 aromatic carbocycles. The van der Waals surface area contributed by atoms with Crippen molar-refractivity contribution in [1.82, 2.24) is 0 Å². The van der Waals surface area contributed by atoms with Crippen LogP contribution in [0.4, 0.5) is 5.69 Å². The van der Waals surface area contributed by atoms with Crippen molar-refractivity contribution in [2.24, 2.45) is 0 Å². The van der Waals surface area contributed by atoms with Crippen molar-refractivity contribution >= 4 is 44.6 Å². The predicted molar refractivity (Wildman–Crippen MR) is 93.6 cm³/mol. The summed E-state index contributed by atoms with van der Waals surface area (Å²) >= 11 is 11.8. The van der Waals surface area contributed by atoms with E-state index in [1.54, 1.807) is 42.5 Å². The molecule has 0 fully saturated rings. The van der Waals surface area contributed by atoms with Crippen LogP contribution in [0, 0.1) is 0 Å². The van der Waals surface area contributed by atoms with Gasteiger partial charge in [0.15, 0.2) is 9.84 Å². The molecule has 7 heteroatoms. The van der Waals surface area contributed by atoms with Crippen molar-refractivity contribution in [3.05, 3.63) is 64.1 Å². The van der Waals surface area contributed by atoms with E-state index in [1.807, 2.05) is 0 Å². The maximum Gasteiger partial charge on any atom is 0.242 e.